The first-order valence-electron chi connectivity index (χ1n) is 6.69. The van der Waals surface area contributed by atoms with E-state index in [4.69, 9.17) is 0 Å². The summed E-state index contributed by atoms with van der Waals surface area (Å²) in [5.74, 6) is -0.0371. The van der Waals surface area contributed by atoms with Crippen LogP contribution in [0.5, 0.6) is 0 Å². The zero-order valence-corrected chi connectivity index (χ0v) is 11.1. The Labute approximate surface area is 112 Å². The van der Waals surface area contributed by atoms with E-state index in [1.54, 1.807) is 25.3 Å². The number of amides is 1. The molecule has 1 aliphatic carbocycles. The van der Waals surface area contributed by atoms with Gasteiger partial charge in [-0.3, -0.25) is 9.59 Å². The van der Waals surface area contributed by atoms with Crippen LogP contribution in [0.3, 0.4) is 0 Å². The van der Waals surface area contributed by atoms with Crippen LogP contribution in [-0.4, -0.2) is 28.2 Å². The third-order valence-corrected chi connectivity index (χ3v) is 3.70. The van der Waals surface area contributed by atoms with Crippen LogP contribution < -0.4 is 10.9 Å². The molecule has 2 atom stereocenters. The Morgan fingerprint density at radius 1 is 1.53 bits per heavy atom. The number of nitrogens with zero attached hydrogens (tertiary/aromatic N) is 1. The number of carbonyl (C=O) groups is 1. The fourth-order valence-electron chi connectivity index (χ4n) is 2.49. The molecule has 1 amide bonds. The summed E-state index contributed by atoms with van der Waals surface area (Å²) in [6.07, 6.45) is 4.09. The Hall–Kier alpha value is -1.62. The van der Waals surface area contributed by atoms with Crippen LogP contribution in [0.1, 0.15) is 24.8 Å². The highest BCUT2D eigenvalue weighted by Crippen LogP contribution is 2.24. The van der Waals surface area contributed by atoms with Gasteiger partial charge in [0.25, 0.3) is 5.56 Å². The van der Waals surface area contributed by atoms with Crippen LogP contribution in [0.4, 0.5) is 0 Å². The second kappa shape index (κ2) is 6.02. The highest BCUT2D eigenvalue weighted by atomic mass is 16.3. The lowest BCUT2D eigenvalue weighted by atomic mass is 10.1. The largest absolute Gasteiger partial charge is 0.393 e. The molecule has 0 radical (unpaired) electrons. The molecule has 0 spiro atoms. The van der Waals surface area contributed by atoms with Crippen molar-refractivity contribution in [2.75, 3.05) is 6.54 Å². The highest BCUT2D eigenvalue weighted by molar-refractivity contribution is 5.75. The van der Waals surface area contributed by atoms with Gasteiger partial charge in [-0.25, -0.2) is 0 Å². The summed E-state index contributed by atoms with van der Waals surface area (Å²) in [7, 11) is 0. The van der Waals surface area contributed by atoms with Crippen molar-refractivity contribution in [1.82, 2.24) is 9.88 Å². The lowest BCUT2D eigenvalue weighted by Crippen LogP contribution is -2.36. The summed E-state index contributed by atoms with van der Waals surface area (Å²) in [5, 5.41) is 12.5. The van der Waals surface area contributed by atoms with E-state index in [0.29, 0.717) is 12.1 Å². The minimum absolute atomic E-state index is 0.0311. The predicted molar refractivity (Wildman–Crippen MR) is 71.8 cm³/mol. The molecular formula is C14H20N2O3. The minimum Gasteiger partial charge on any atom is -0.393 e. The molecule has 1 aliphatic rings. The first kappa shape index (κ1) is 13.8. The molecule has 1 aromatic rings. The molecule has 0 bridgehead atoms. The van der Waals surface area contributed by atoms with Crippen LogP contribution in [0.2, 0.25) is 0 Å². The van der Waals surface area contributed by atoms with Gasteiger partial charge < -0.3 is 15.0 Å². The van der Waals surface area contributed by atoms with E-state index in [1.807, 2.05) is 0 Å². The molecule has 1 fully saturated rings. The number of aliphatic hydroxyl groups is 1. The number of aromatic nitrogens is 1. The van der Waals surface area contributed by atoms with E-state index in [-0.39, 0.29) is 30.0 Å². The Balaban J connectivity index is 1.87. The Bertz CT molecular complexity index is 510. The number of rotatable bonds is 4. The summed E-state index contributed by atoms with van der Waals surface area (Å²) in [5.41, 5.74) is 0.486. The molecule has 0 aliphatic heterocycles. The van der Waals surface area contributed by atoms with Gasteiger partial charge in [0.05, 0.1) is 6.10 Å². The highest BCUT2D eigenvalue weighted by Gasteiger charge is 2.25. The maximum absolute atomic E-state index is 11.8. The van der Waals surface area contributed by atoms with Crippen molar-refractivity contribution in [3.05, 3.63) is 34.2 Å². The van der Waals surface area contributed by atoms with Gasteiger partial charge in [-0.15, -0.1) is 0 Å². The quantitative estimate of drug-likeness (QED) is 0.828. The molecule has 104 valence electrons. The van der Waals surface area contributed by atoms with Crippen molar-refractivity contribution >= 4 is 5.91 Å². The molecule has 5 nitrogen and oxygen atoms in total. The van der Waals surface area contributed by atoms with Crippen LogP contribution in [0.15, 0.2) is 23.1 Å². The second-order valence-corrected chi connectivity index (χ2v) is 5.19. The summed E-state index contributed by atoms with van der Waals surface area (Å²) < 4.78 is 1.40. The van der Waals surface area contributed by atoms with Crippen LogP contribution in [0, 0.1) is 12.8 Å². The minimum atomic E-state index is -0.304. The van der Waals surface area contributed by atoms with E-state index >= 15 is 0 Å². The molecule has 19 heavy (non-hydrogen) atoms. The molecule has 0 aromatic carbocycles. The summed E-state index contributed by atoms with van der Waals surface area (Å²) in [6.45, 7) is 2.25. The van der Waals surface area contributed by atoms with Crippen molar-refractivity contribution in [3.63, 3.8) is 0 Å². The van der Waals surface area contributed by atoms with Crippen molar-refractivity contribution < 1.29 is 9.90 Å². The van der Waals surface area contributed by atoms with Crippen molar-refractivity contribution in [3.8, 4) is 0 Å². The third kappa shape index (κ3) is 3.44. The summed E-state index contributed by atoms with van der Waals surface area (Å²) in [6, 6.07) is 3.48. The number of carbonyl (C=O) groups excluding carboxylic acids is 1. The van der Waals surface area contributed by atoms with E-state index in [0.717, 1.165) is 19.3 Å². The molecule has 5 heteroatoms. The van der Waals surface area contributed by atoms with E-state index in [9.17, 15) is 14.7 Å². The third-order valence-electron chi connectivity index (χ3n) is 3.70. The van der Waals surface area contributed by atoms with Gasteiger partial charge in [0.15, 0.2) is 0 Å². The molecule has 2 unspecified atom stereocenters. The van der Waals surface area contributed by atoms with Gasteiger partial charge in [-0.1, -0.05) is 12.5 Å². The summed E-state index contributed by atoms with van der Waals surface area (Å²) >= 11 is 0. The number of hydrogen-bond acceptors (Lipinski definition) is 3. The van der Waals surface area contributed by atoms with E-state index < -0.39 is 0 Å². The van der Waals surface area contributed by atoms with Gasteiger partial charge in [-0.05, 0) is 25.8 Å². The summed E-state index contributed by atoms with van der Waals surface area (Å²) in [4.78, 5) is 23.5. The molecular weight excluding hydrogens is 244 g/mol. The molecule has 1 heterocycles. The van der Waals surface area contributed by atoms with Crippen LogP contribution in [0.25, 0.3) is 0 Å². The van der Waals surface area contributed by atoms with Crippen molar-refractivity contribution in [1.29, 1.82) is 0 Å². The average Bonchev–Trinajstić information content (AvgIpc) is 2.78. The monoisotopic (exact) mass is 264 g/mol. The van der Waals surface area contributed by atoms with Crippen LogP contribution in [-0.2, 0) is 11.3 Å². The average molecular weight is 264 g/mol. The normalized spacial score (nSPS) is 22.4. The Morgan fingerprint density at radius 3 is 3.00 bits per heavy atom. The number of pyridine rings is 1. The number of aliphatic hydroxyl groups excluding tert-OH is 1. The molecule has 0 saturated heterocycles. The molecule has 1 aromatic heterocycles. The SMILES string of the molecule is Cc1cccn(CC(=O)NCC2CCCC2O)c1=O. The van der Waals surface area contributed by atoms with Gasteiger partial charge in [-0.2, -0.15) is 0 Å². The maximum Gasteiger partial charge on any atom is 0.253 e. The topological polar surface area (TPSA) is 71.3 Å². The van der Waals surface area contributed by atoms with Gasteiger partial charge >= 0.3 is 0 Å². The van der Waals surface area contributed by atoms with Gasteiger partial charge in [0, 0.05) is 24.2 Å². The fourth-order valence-corrected chi connectivity index (χ4v) is 2.49. The molecule has 2 rings (SSSR count). The Morgan fingerprint density at radius 2 is 2.32 bits per heavy atom. The second-order valence-electron chi connectivity index (χ2n) is 5.19. The number of nitrogens with one attached hydrogen (secondary N) is 1. The lowest BCUT2D eigenvalue weighted by Gasteiger charge is -2.15. The van der Waals surface area contributed by atoms with Crippen molar-refractivity contribution in [2.45, 2.75) is 38.8 Å². The van der Waals surface area contributed by atoms with Crippen LogP contribution >= 0.6 is 0 Å². The fraction of sp³-hybridized carbons (Fsp3) is 0.571. The van der Waals surface area contributed by atoms with Gasteiger partial charge in [0.2, 0.25) is 5.91 Å². The van der Waals surface area contributed by atoms with Crippen molar-refractivity contribution in [2.24, 2.45) is 5.92 Å². The van der Waals surface area contributed by atoms with E-state index in [1.165, 1.54) is 4.57 Å². The standard InChI is InChI=1S/C14H20N2O3/c1-10-4-3-7-16(14(10)19)9-13(18)15-8-11-5-2-6-12(11)17/h3-4,7,11-12,17H,2,5-6,8-9H2,1H3,(H,15,18). The first-order chi connectivity index (χ1) is 9.08. The predicted octanol–water partition coefficient (Wildman–Crippen LogP) is 0.434. The number of aryl methyl sites for hydroxylation is 1. The first-order valence-corrected chi connectivity index (χ1v) is 6.69. The zero-order chi connectivity index (χ0) is 13.8. The molecule has 1 saturated carbocycles. The smallest absolute Gasteiger partial charge is 0.253 e. The van der Waals surface area contributed by atoms with E-state index in [2.05, 4.69) is 5.32 Å². The lowest BCUT2D eigenvalue weighted by molar-refractivity contribution is -0.122. The maximum atomic E-state index is 11.8. The zero-order valence-electron chi connectivity index (χ0n) is 11.1. The Kier molecular flexibility index (Phi) is 4.37. The number of hydrogen-bond donors (Lipinski definition) is 2. The molecule has 2 N–H and O–H groups in total. The van der Waals surface area contributed by atoms with Gasteiger partial charge in [0.1, 0.15) is 6.54 Å².